The fraction of sp³-hybridized carbons (Fsp3) is 0.480. The highest BCUT2D eigenvalue weighted by atomic mass is 32.2. The van der Waals surface area contributed by atoms with Crippen LogP contribution < -0.4 is 10.1 Å². The zero-order valence-electron chi connectivity index (χ0n) is 19.6. The molecule has 0 aromatic heterocycles. The summed E-state index contributed by atoms with van der Waals surface area (Å²) in [4.78, 5) is 13.1. The van der Waals surface area contributed by atoms with Gasteiger partial charge in [-0.1, -0.05) is 12.1 Å². The lowest BCUT2D eigenvalue weighted by Crippen LogP contribution is -2.43. The van der Waals surface area contributed by atoms with E-state index in [0.29, 0.717) is 38.3 Å². The van der Waals surface area contributed by atoms with Crippen molar-refractivity contribution in [3.05, 3.63) is 58.7 Å². The van der Waals surface area contributed by atoms with Gasteiger partial charge >= 0.3 is 0 Å². The molecule has 7 heteroatoms. The first-order chi connectivity index (χ1) is 15.1. The Kier molecular flexibility index (Phi) is 7.62. The van der Waals surface area contributed by atoms with Gasteiger partial charge in [0.25, 0.3) is 0 Å². The summed E-state index contributed by atoms with van der Waals surface area (Å²) in [7, 11) is -3.58. The molecule has 174 valence electrons. The van der Waals surface area contributed by atoms with Crippen LogP contribution in [-0.2, 0) is 14.8 Å². The van der Waals surface area contributed by atoms with Crippen LogP contribution in [0.25, 0.3) is 0 Å². The zero-order valence-corrected chi connectivity index (χ0v) is 20.5. The van der Waals surface area contributed by atoms with Crippen molar-refractivity contribution in [3.63, 3.8) is 0 Å². The van der Waals surface area contributed by atoms with E-state index in [9.17, 15) is 13.2 Å². The van der Waals surface area contributed by atoms with E-state index in [0.717, 1.165) is 11.1 Å². The van der Waals surface area contributed by atoms with Crippen LogP contribution in [0.4, 0.5) is 0 Å². The van der Waals surface area contributed by atoms with Crippen LogP contribution in [0.1, 0.15) is 55.0 Å². The number of aryl methyl sites for hydroxylation is 3. The molecule has 0 spiro atoms. The number of amides is 1. The van der Waals surface area contributed by atoms with Crippen LogP contribution in [0.3, 0.4) is 0 Å². The van der Waals surface area contributed by atoms with Crippen molar-refractivity contribution in [1.29, 1.82) is 0 Å². The third kappa shape index (κ3) is 5.33. The topological polar surface area (TPSA) is 75.7 Å². The molecular formula is C25H34N2O4S. The Morgan fingerprint density at radius 3 is 2.25 bits per heavy atom. The lowest BCUT2D eigenvalue weighted by Gasteiger charge is -2.31. The average Bonchev–Trinajstić information content (AvgIpc) is 2.77. The van der Waals surface area contributed by atoms with E-state index < -0.39 is 10.0 Å². The summed E-state index contributed by atoms with van der Waals surface area (Å²) in [5, 5.41) is 3.14. The number of carbonyl (C=O) groups excluding carboxylic acids is 1. The molecule has 2 aromatic rings. The third-order valence-corrected chi connectivity index (χ3v) is 8.22. The molecule has 1 heterocycles. The monoisotopic (exact) mass is 458 g/mol. The Morgan fingerprint density at radius 1 is 1.06 bits per heavy atom. The predicted octanol–water partition coefficient (Wildman–Crippen LogP) is 4.29. The van der Waals surface area contributed by atoms with E-state index in [2.05, 4.69) is 38.2 Å². The van der Waals surface area contributed by atoms with Crippen molar-refractivity contribution in [2.45, 2.75) is 58.4 Å². The summed E-state index contributed by atoms with van der Waals surface area (Å²) in [6, 6.07) is 10.7. The molecule has 1 unspecified atom stereocenters. The molecule has 2 aromatic carbocycles. The van der Waals surface area contributed by atoms with Crippen molar-refractivity contribution in [3.8, 4) is 5.75 Å². The Balaban J connectivity index is 1.60. The first-order valence-corrected chi connectivity index (χ1v) is 12.7. The molecule has 0 aliphatic carbocycles. The number of hydrogen-bond acceptors (Lipinski definition) is 4. The fourth-order valence-electron chi connectivity index (χ4n) is 4.24. The van der Waals surface area contributed by atoms with Crippen molar-refractivity contribution in [2.75, 3.05) is 19.7 Å². The zero-order chi connectivity index (χ0) is 23.5. The normalized spacial score (nSPS) is 16.5. The summed E-state index contributed by atoms with van der Waals surface area (Å²) >= 11 is 0. The molecule has 1 saturated heterocycles. The fourth-order valence-corrected chi connectivity index (χ4v) is 5.71. The molecule has 3 rings (SSSR count). The van der Waals surface area contributed by atoms with E-state index >= 15 is 0 Å². The van der Waals surface area contributed by atoms with E-state index in [1.54, 1.807) is 24.3 Å². The van der Waals surface area contributed by atoms with Gasteiger partial charge in [0.15, 0.2) is 0 Å². The Morgan fingerprint density at radius 2 is 1.66 bits per heavy atom. The standard InChI is InChI=1S/C25H34N2O4S/c1-6-31-22-7-9-23(10-8-22)32(29,30)27-13-11-21(12-14-27)25(28)26-20(5)24-16-18(3)17(2)15-19(24)4/h7-10,15-16,20-21H,6,11-14H2,1-5H3,(H,26,28). The Hall–Kier alpha value is -2.38. The van der Waals surface area contributed by atoms with E-state index in [4.69, 9.17) is 4.74 Å². The minimum Gasteiger partial charge on any atom is -0.494 e. The number of carbonyl (C=O) groups is 1. The Labute approximate surface area is 192 Å². The van der Waals surface area contributed by atoms with Crippen LogP contribution in [-0.4, -0.2) is 38.3 Å². The molecule has 1 N–H and O–H groups in total. The number of piperidine rings is 1. The SMILES string of the molecule is CCOc1ccc(S(=O)(=O)N2CCC(C(=O)NC(C)c3cc(C)c(C)cc3C)CC2)cc1. The lowest BCUT2D eigenvalue weighted by atomic mass is 9.94. The highest BCUT2D eigenvalue weighted by Gasteiger charge is 2.32. The summed E-state index contributed by atoms with van der Waals surface area (Å²) in [6.45, 7) is 11.3. The number of nitrogens with zero attached hydrogens (tertiary/aromatic N) is 1. The van der Waals surface area contributed by atoms with Crippen LogP contribution in [0.15, 0.2) is 41.3 Å². The number of hydrogen-bond donors (Lipinski definition) is 1. The molecule has 1 aliphatic heterocycles. The number of nitrogens with one attached hydrogen (secondary N) is 1. The number of rotatable bonds is 7. The van der Waals surface area contributed by atoms with Crippen LogP contribution >= 0.6 is 0 Å². The van der Waals surface area contributed by atoms with Gasteiger partial charge in [0.05, 0.1) is 17.5 Å². The molecule has 0 bridgehead atoms. The highest BCUT2D eigenvalue weighted by Crippen LogP contribution is 2.27. The van der Waals surface area contributed by atoms with Gasteiger partial charge in [-0.3, -0.25) is 4.79 Å². The maximum absolute atomic E-state index is 13.0. The second-order valence-corrected chi connectivity index (χ2v) is 10.5. The minimum atomic E-state index is -3.58. The largest absolute Gasteiger partial charge is 0.494 e. The van der Waals surface area contributed by atoms with E-state index in [1.165, 1.54) is 15.4 Å². The van der Waals surface area contributed by atoms with Crippen LogP contribution in [0.5, 0.6) is 5.75 Å². The maximum Gasteiger partial charge on any atom is 0.243 e. The van der Waals surface area contributed by atoms with Gasteiger partial charge in [0.2, 0.25) is 15.9 Å². The second kappa shape index (κ2) is 10.0. The first-order valence-electron chi connectivity index (χ1n) is 11.2. The quantitative estimate of drug-likeness (QED) is 0.672. The Bertz CT molecular complexity index is 1060. The smallest absolute Gasteiger partial charge is 0.243 e. The molecule has 1 aliphatic rings. The van der Waals surface area contributed by atoms with Crippen molar-refractivity contribution >= 4 is 15.9 Å². The molecule has 0 saturated carbocycles. The van der Waals surface area contributed by atoms with Gasteiger partial charge in [-0.25, -0.2) is 8.42 Å². The molecule has 0 radical (unpaired) electrons. The molecular weight excluding hydrogens is 424 g/mol. The molecule has 1 fully saturated rings. The van der Waals surface area contributed by atoms with Gasteiger partial charge in [0.1, 0.15) is 5.75 Å². The van der Waals surface area contributed by atoms with Crippen molar-refractivity contribution in [1.82, 2.24) is 9.62 Å². The second-order valence-electron chi connectivity index (χ2n) is 8.61. The molecule has 32 heavy (non-hydrogen) atoms. The summed E-state index contributed by atoms with van der Waals surface area (Å²) < 4.78 is 32.8. The molecule has 6 nitrogen and oxygen atoms in total. The summed E-state index contributed by atoms with van der Waals surface area (Å²) in [6.07, 6.45) is 1.03. The van der Waals surface area contributed by atoms with Crippen LogP contribution in [0, 0.1) is 26.7 Å². The van der Waals surface area contributed by atoms with Crippen molar-refractivity contribution in [2.24, 2.45) is 5.92 Å². The van der Waals surface area contributed by atoms with Gasteiger partial charge in [0, 0.05) is 19.0 Å². The molecule has 1 atom stereocenters. The lowest BCUT2D eigenvalue weighted by molar-refractivity contribution is -0.126. The van der Waals surface area contributed by atoms with Crippen molar-refractivity contribution < 1.29 is 17.9 Å². The van der Waals surface area contributed by atoms with Gasteiger partial charge in [-0.15, -0.1) is 0 Å². The number of ether oxygens (including phenoxy) is 1. The molecule has 1 amide bonds. The first kappa shape index (κ1) is 24.3. The highest BCUT2D eigenvalue weighted by molar-refractivity contribution is 7.89. The predicted molar refractivity (Wildman–Crippen MR) is 126 cm³/mol. The average molecular weight is 459 g/mol. The van der Waals surface area contributed by atoms with E-state index in [1.807, 2.05) is 13.8 Å². The summed E-state index contributed by atoms with van der Waals surface area (Å²) in [5.74, 6) is 0.458. The third-order valence-electron chi connectivity index (χ3n) is 6.30. The number of sulfonamides is 1. The van der Waals surface area contributed by atoms with Gasteiger partial charge < -0.3 is 10.1 Å². The maximum atomic E-state index is 13.0. The number of benzene rings is 2. The van der Waals surface area contributed by atoms with E-state index in [-0.39, 0.29) is 22.8 Å². The minimum absolute atomic E-state index is 0.00626. The summed E-state index contributed by atoms with van der Waals surface area (Å²) in [5.41, 5.74) is 4.74. The van der Waals surface area contributed by atoms with Crippen LogP contribution in [0.2, 0.25) is 0 Å². The van der Waals surface area contributed by atoms with Gasteiger partial charge in [-0.05, 0) is 94.0 Å². The van der Waals surface area contributed by atoms with Gasteiger partial charge in [-0.2, -0.15) is 4.31 Å².